The molecule has 5 heteroatoms. The van der Waals surface area contributed by atoms with Crippen molar-refractivity contribution in [1.29, 1.82) is 0 Å². The van der Waals surface area contributed by atoms with Gasteiger partial charge in [-0.05, 0) is 18.2 Å². The van der Waals surface area contributed by atoms with E-state index in [1.165, 1.54) is 0 Å². The molecule has 3 rings (SSSR count). The molecular formula is C11H7ClN4. The number of fused-ring (bicyclic) bond motifs is 1. The summed E-state index contributed by atoms with van der Waals surface area (Å²) in [6, 6.07) is 7.39. The summed E-state index contributed by atoms with van der Waals surface area (Å²) < 4.78 is 1.88. The van der Waals surface area contributed by atoms with Crippen molar-refractivity contribution >= 4 is 17.2 Å². The number of halogens is 1. The summed E-state index contributed by atoms with van der Waals surface area (Å²) >= 11 is 5.88. The van der Waals surface area contributed by atoms with Gasteiger partial charge >= 0.3 is 0 Å². The van der Waals surface area contributed by atoms with E-state index in [0.29, 0.717) is 5.02 Å². The normalized spacial score (nSPS) is 10.8. The van der Waals surface area contributed by atoms with E-state index in [9.17, 15) is 0 Å². The second-order valence-electron chi connectivity index (χ2n) is 3.34. The molecule has 0 fully saturated rings. The van der Waals surface area contributed by atoms with Gasteiger partial charge in [-0.25, -0.2) is 0 Å². The first kappa shape index (κ1) is 9.30. The summed E-state index contributed by atoms with van der Waals surface area (Å²) in [6.07, 6.45) is 5.33. The lowest BCUT2D eigenvalue weighted by Crippen LogP contribution is -1.89. The number of pyridine rings is 2. The molecule has 0 aliphatic rings. The van der Waals surface area contributed by atoms with Crippen molar-refractivity contribution < 1.29 is 0 Å². The first-order valence-electron chi connectivity index (χ1n) is 4.75. The molecule has 4 nitrogen and oxygen atoms in total. The average Bonchev–Trinajstić information content (AvgIpc) is 2.73. The molecule has 0 saturated heterocycles. The van der Waals surface area contributed by atoms with Crippen LogP contribution in [0.2, 0.25) is 5.02 Å². The fraction of sp³-hybridized carbons (Fsp3) is 0. The number of aromatic nitrogens is 4. The number of hydrogen-bond acceptors (Lipinski definition) is 3. The molecule has 0 aliphatic heterocycles. The Hall–Kier alpha value is -1.94. The first-order valence-corrected chi connectivity index (χ1v) is 5.13. The average molecular weight is 231 g/mol. The maximum atomic E-state index is 5.88. The van der Waals surface area contributed by atoms with Crippen molar-refractivity contribution in [3.05, 3.63) is 47.9 Å². The Kier molecular flexibility index (Phi) is 2.08. The van der Waals surface area contributed by atoms with Gasteiger partial charge in [-0.2, -0.15) is 0 Å². The Morgan fingerprint density at radius 2 is 2.12 bits per heavy atom. The van der Waals surface area contributed by atoms with Gasteiger partial charge in [-0.15, -0.1) is 10.2 Å². The molecule has 0 amide bonds. The third kappa shape index (κ3) is 1.44. The Balaban J connectivity index is 2.26. The molecule has 0 aliphatic carbocycles. The molecule has 3 aromatic heterocycles. The molecule has 16 heavy (non-hydrogen) atoms. The van der Waals surface area contributed by atoms with Crippen LogP contribution in [0.3, 0.4) is 0 Å². The van der Waals surface area contributed by atoms with Crippen LogP contribution in [-0.4, -0.2) is 19.6 Å². The van der Waals surface area contributed by atoms with E-state index in [4.69, 9.17) is 11.6 Å². The quantitative estimate of drug-likeness (QED) is 0.645. The molecule has 0 atom stereocenters. The lowest BCUT2D eigenvalue weighted by Gasteiger charge is -1.98. The zero-order valence-electron chi connectivity index (χ0n) is 8.21. The minimum atomic E-state index is 0.651. The summed E-state index contributed by atoms with van der Waals surface area (Å²) in [4.78, 5) is 4.06. The minimum absolute atomic E-state index is 0.651. The zero-order chi connectivity index (χ0) is 11.0. The Labute approximate surface area is 96.5 Å². The van der Waals surface area contributed by atoms with E-state index in [1.807, 2.05) is 22.7 Å². The van der Waals surface area contributed by atoms with Crippen LogP contribution < -0.4 is 0 Å². The molecule has 0 unspecified atom stereocenters. The smallest absolute Gasteiger partial charge is 0.169 e. The molecule has 3 heterocycles. The zero-order valence-corrected chi connectivity index (χ0v) is 8.96. The predicted octanol–water partition coefficient (Wildman–Crippen LogP) is 2.44. The van der Waals surface area contributed by atoms with E-state index in [1.54, 1.807) is 24.5 Å². The Bertz CT molecular complexity index is 633. The van der Waals surface area contributed by atoms with Crippen LogP contribution in [0, 0.1) is 0 Å². The molecule has 0 N–H and O–H groups in total. The summed E-state index contributed by atoms with van der Waals surface area (Å²) in [6.45, 7) is 0. The molecule has 0 radical (unpaired) electrons. The lowest BCUT2D eigenvalue weighted by atomic mass is 10.3. The van der Waals surface area contributed by atoms with Crippen LogP contribution >= 0.6 is 11.6 Å². The second-order valence-corrected chi connectivity index (χ2v) is 3.77. The van der Waals surface area contributed by atoms with Crippen molar-refractivity contribution in [2.75, 3.05) is 0 Å². The molecular weight excluding hydrogens is 224 g/mol. The van der Waals surface area contributed by atoms with Crippen LogP contribution in [-0.2, 0) is 0 Å². The predicted molar refractivity (Wildman–Crippen MR) is 61.2 cm³/mol. The lowest BCUT2D eigenvalue weighted by molar-refractivity contribution is 1.11. The highest BCUT2D eigenvalue weighted by Gasteiger charge is 2.07. The molecule has 0 spiro atoms. The van der Waals surface area contributed by atoms with Crippen molar-refractivity contribution in [3.63, 3.8) is 0 Å². The van der Waals surface area contributed by atoms with Crippen LogP contribution in [0.15, 0.2) is 42.9 Å². The third-order valence-electron chi connectivity index (χ3n) is 2.29. The number of nitrogens with zero attached hydrogens (tertiary/aromatic N) is 4. The van der Waals surface area contributed by atoms with Gasteiger partial charge in [0.1, 0.15) is 0 Å². The van der Waals surface area contributed by atoms with Gasteiger partial charge in [-0.1, -0.05) is 11.6 Å². The SMILES string of the molecule is Clc1ccn2c(-c3cccnc3)nnc2c1. The standard InChI is InChI=1S/C11H7ClN4/c12-9-3-5-16-10(6-9)14-15-11(16)8-2-1-4-13-7-8/h1-7H. The highest BCUT2D eigenvalue weighted by atomic mass is 35.5. The van der Waals surface area contributed by atoms with Crippen LogP contribution in [0.1, 0.15) is 0 Å². The largest absolute Gasteiger partial charge is 0.282 e. The third-order valence-corrected chi connectivity index (χ3v) is 2.53. The van der Waals surface area contributed by atoms with E-state index in [2.05, 4.69) is 15.2 Å². The maximum Gasteiger partial charge on any atom is 0.169 e. The van der Waals surface area contributed by atoms with E-state index >= 15 is 0 Å². The van der Waals surface area contributed by atoms with Gasteiger partial charge in [0.2, 0.25) is 0 Å². The Morgan fingerprint density at radius 1 is 1.19 bits per heavy atom. The molecule has 0 aromatic carbocycles. The minimum Gasteiger partial charge on any atom is -0.282 e. The van der Waals surface area contributed by atoms with Crippen molar-refractivity contribution in [1.82, 2.24) is 19.6 Å². The molecule has 0 bridgehead atoms. The van der Waals surface area contributed by atoms with E-state index in [0.717, 1.165) is 17.0 Å². The highest BCUT2D eigenvalue weighted by Crippen LogP contribution is 2.18. The number of rotatable bonds is 1. The summed E-state index contributed by atoms with van der Waals surface area (Å²) in [5, 5.41) is 8.83. The van der Waals surface area contributed by atoms with Crippen LogP contribution in [0.5, 0.6) is 0 Å². The highest BCUT2D eigenvalue weighted by molar-refractivity contribution is 6.30. The maximum absolute atomic E-state index is 5.88. The fourth-order valence-corrected chi connectivity index (χ4v) is 1.71. The van der Waals surface area contributed by atoms with Gasteiger partial charge in [-0.3, -0.25) is 9.38 Å². The van der Waals surface area contributed by atoms with Crippen molar-refractivity contribution in [3.8, 4) is 11.4 Å². The van der Waals surface area contributed by atoms with Gasteiger partial charge in [0.05, 0.1) is 0 Å². The molecule has 3 aromatic rings. The van der Waals surface area contributed by atoms with Crippen molar-refractivity contribution in [2.45, 2.75) is 0 Å². The van der Waals surface area contributed by atoms with Crippen LogP contribution in [0.4, 0.5) is 0 Å². The monoisotopic (exact) mass is 230 g/mol. The van der Waals surface area contributed by atoms with Crippen molar-refractivity contribution in [2.24, 2.45) is 0 Å². The topological polar surface area (TPSA) is 43.1 Å². The van der Waals surface area contributed by atoms with Gasteiger partial charge in [0, 0.05) is 35.2 Å². The van der Waals surface area contributed by atoms with Gasteiger partial charge < -0.3 is 0 Å². The molecule has 0 saturated carbocycles. The van der Waals surface area contributed by atoms with E-state index in [-0.39, 0.29) is 0 Å². The fourth-order valence-electron chi connectivity index (χ4n) is 1.56. The van der Waals surface area contributed by atoms with Gasteiger partial charge in [0.25, 0.3) is 0 Å². The first-order chi connectivity index (χ1) is 7.84. The van der Waals surface area contributed by atoms with Gasteiger partial charge in [0.15, 0.2) is 11.5 Å². The second kappa shape index (κ2) is 3.57. The number of hydrogen-bond donors (Lipinski definition) is 0. The summed E-state index contributed by atoms with van der Waals surface area (Å²) in [5.74, 6) is 0.764. The van der Waals surface area contributed by atoms with E-state index < -0.39 is 0 Å². The molecule has 78 valence electrons. The summed E-state index contributed by atoms with van der Waals surface area (Å²) in [5.41, 5.74) is 1.66. The van der Waals surface area contributed by atoms with Crippen LogP contribution in [0.25, 0.3) is 17.0 Å². The Morgan fingerprint density at radius 3 is 2.94 bits per heavy atom. The summed E-state index contributed by atoms with van der Waals surface area (Å²) in [7, 11) is 0.